The molecule has 1 unspecified atom stereocenters. The van der Waals surface area contributed by atoms with Gasteiger partial charge in [-0.15, -0.1) is 0 Å². The third kappa shape index (κ3) is 4.62. The number of piperazine rings is 1. The molecule has 2 heterocycles. The largest absolute Gasteiger partial charge is 0.484 e. The minimum atomic E-state index is -2.84. The highest BCUT2D eigenvalue weighted by atomic mass is 35.5. The number of ether oxygens (including phenoxy) is 1. The standard InChI is InChI=1S/C17H20ClF2N3O3/c18-12-1-3-13(4-2-12)26-10-15(24)22-5-7-23(8-6-22)16(25)14-9-17(19,20)11-21-14/h1-4,14,21H,5-11H2. The van der Waals surface area contributed by atoms with E-state index >= 15 is 0 Å². The van der Waals surface area contributed by atoms with Gasteiger partial charge in [0, 0.05) is 37.6 Å². The van der Waals surface area contributed by atoms with Crippen LogP contribution in [0.1, 0.15) is 6.42 Å². The molecule has 2 amide bonds. The Hall–Kier alpha value is -1.93. The number of nitrogens with zero attached hydrogens (tertiary/aromatic N) is 2. The Morgan fingerprint density at radius 2 is 1.77 bits per heavy atom. The van der Waals surface area contributed by atoms with Crippen molar-refractivity contribution in [3.63, 3.8) is 0 Å². The molecule has 1 N–H and O–H groups in total. The van der Waals surface area contributed by atoms with E-state index in [1.54, 1.807) is 29.2 Å². The average Bonchev–Trinajstić information content (AvgIpc) is 3.00. The monoisotopic (exact) mass is 387 g/mol. The molecule has 1 atom stereocenters. The summed E-state index contributed by atoms with van der Waals surface area (Å²) >= 11 is 5.79. The van der Waals surface area contributed by atoms with Crippen LogP contribution in [0.15, 0.2) is 24.3 Å². The number of hydrogen-bond donors (Lipinski definition) is 1. The molecule has 26 heavy (non-hydrogen) atoms. The molecule has 2 aliphatic rings. The maximum atomic E-state index is 13.2. The lowest BCUT2D eigenvalue weighted by Crippen LogP contribution is -2.54. The van der Waals surface area contributed by atoms with Crippen LogP contribution in [0.5, 0.6) is 5.75 Å². The first-order valence-electron chi connectivity index (χ1n) is 8.40. The summed E-state index contributed by atoms with van der Waals surface area (Å²) in [7, 11) is 0. The normalized spacial score (nSPS) is 22.3. The first-order chi connectivity index (χ1) is 12.3. The van der Waals surface area contributed by atoms with Gasteiger partial charge in [0.15, 0.2) is 6.61 Å². The van der Waals surface area contributed by atoms with Crippen LogP contribution in [-0.4, -0.2) is 72.9 Å². The number of nitrogens with one attached hydrogen (secondary N) is 1. The number of carbonyl (C=O) groups is 2. The van der Waals surface area contributed by atoms with Crippen molar-refractivity contribution in [2.75, 3.05) is 39.3 Å². The van der Waals surface area contributed by atoms with Gasteiger partial charge in [0.25, 0.3) is 11.8 Å². The fourth-order valence-corrected chi connectivity index (χ4v) is 3.18. The molecular weight excluding hydrogens is 368 g/mol. The molecule has 2 fully saturated rings. The SMILES string of the molecule is O=C(COc1ccc(Cl)cc1)N1CCN(C(=O)C2CC(F)(F)CN2)CC1. The van der Waals surface area contributed by atoms with Crippen LogP contribution in [-0.2, 0) is 9.59 Å². The highest BCUT2D eigenvalue weighted by Gasteiger charge is 2.43. The van der Waals surface area contributed by atoms with Crippen LogP contribution in [0.4, 0.5) is 8.78 Å². The van der Waals surface area contributed by atoms with Gasteiger partial charge in [-0.25, -0.2) is 8.78 Å². The van der Waals surface area contributed by atoms with Gasteiger partial charge in [-0.3, -0.25) is 14.9 Å². The van der Waals surface area contributed by atoms with E-state index < -0.39 is 24.9 Å². The zero-order valence-electron chi connectivity index (χ0n) is 14.1. The summed E-state index contributed by atoms with van der Waals surface area (Å²) in [5.74, 6) is -2.80. The molecule has 1 aromatic carbocycles. The van der Waals surface area contributed by atoms with E-state index in [9.17, 15) is 18.4 Å². The van der Waals surface area contributed by atoms with Crippen LogP contribution in [0, 0.1) is 0 Å². The van der Waals surface area contributed by atoms with Crippen molar-refractivity contribution in [3.05, 3.63) is 29.3 Å². The Morgan fingerprint density at radius 3 is 2.35 bits per heavy atom. The Bertz CT molecular complexity index is 664. The highest BCUT2D eigenvalue weighted by Crippen LogP contribution is 2.26. The van der Waals surface area contributed by atoms with Crippen LogP contribution in [0.2, 0.25) is 5.02 Å². The van der Waals surface area contributed by atoms with E-state index in [2.05, 4.69) is 5.32 Å². The molecule has 2 aliphatic heterocycles. The third-order valence-electron chi connectivity index (χ3n) is 4.53. The Balaban J connectivity index is 1.43. The minimum absolute atomic E-state index is 0.105. The van der Waals surface area contributed by atoms with Crippen molar-refractivity contribution in [2.24, 2.45) is 0 Å². The van der Waals surface area contributed by atoms with Crippen molar-refractivity contribution < 1.29 is 23.1 Å². The molecule has 1 aromatic rings. The second-order valence-electron chi connectivity index (χ2n) is 6.44. The van der Waals surface area contributed by atoms with Crippen molar-refractivity contribution in [3.8, 4) is 5.75 Å². The molecule has 0 bridgehead atoms. The smallest absolute Gasteiger partial charge is 0.262 e. The van der Waals surface area contributed by atoms with E-state index in [1.807, 2.05) is 0 Å². The van der Waals surface area contributed by atoms with E-state index in [4.69, 9.17) is 16.3 Å². The van der Waals surface area contributed by atoms with Gasteiger partial charge in [0.2, 0.25) is 5.91 Å². The Labute approximate surface area is 155 Å². The van der Waals surface area contributed by atoms with Gasteiger partial charge in [0.1, 0.15) is 5.75 Å². The van der Waals surface area contributed by atoms with Gasteiger partial charge in [-0.2, -0.15) is 0 Å². The molecule has 0 radical (unpaired) electrons. The zero-order chi connectivity index (χ0) is 18.7. The maximum Gasteiger partial charge on any atom is 0.262 e. The predicted molar refractivity (Wildman–Crippen MR) is 91.5 cm³/mol. The van der Waals surface area contributed by atoms with Crippen molar-refractivity contribution >= 4 is 23.4 Å². The summed E-state index contributed by atoms with van der Waals surface area (Å²) in [6, 6.07) is 5.85. The highest BCUT2D eigenvalue weighted by molar-refractivity contribution is 6.30. The van der Waals surface area contributed by atoms with Gasteiger partial charge in [-0.1, -0.05) is 11.6 Å². The van der Waals surface area contributed by atoms with Crippen LogP contribution in [0.25, 0.3) is 0 Å². The lowest BCUT2D eigenvalue weighted by Gasteiger charge is -2.35. The lowest BCUT2D eigenvalue weighted by molar-refractivity contribution is -0.141. The number of rotatable bonds is 4. The number of amides is 2. The van der Waals surface area contributed by atoms with E-state index in [1.165, 1.54) is 4.90 Å². The van der Waals surface area contributed by atoms with Gasteiger partial charge in [0.05, 0.1) is 12.6 Å². The molecule has 0 aromatic heterocycles. The van der Waals surface area contributed by atoms with E-state index in [-0.39, 0.29) is 18.4 Å². The van der Waals surface area contributed by atoms with Crippen molar-refractivity contribution in [1.82, 2.24) is 15.1 Å². The molecule has 0 saturated carbocycles. The predicted octanol–water partition coefficient (Wildman–Crippen LogP) is 1.39. The quantitative estimate of drug-likeness (QED) is 0.848. The summed E-state index contributed by atoms with van der Waals surface area (Å²) in [6.07, 6.45) is -0.472. The second-order valence-corrected chi connectivity index (χ2v) is 6.88. The molecule has 9 heteroatoms. The maximum absolute atomic E-state index is 13.2. The number of alkyl halides is 2. The van der Waals surface area contributed by atoms with Crippen LogP contribution in [0.3, 0.4) is 0 Å². The number of halogens is 3. The lowest BCUT2D eigenvalue weighted by atomic mass is 10.1. The van der Waals surface area contributed by atoms with Gasteiger partial charge < -0.3 is 14.5 Å². The topological polar surface area (TPSA) is 61.9 Å². The zero-order valence-corrected chi connectivity index (χ0v) is 14.8. The summed E-state index contributed by atoms with van der Waals surface area (Å²) in [5.41, 5.74) is 0. The molecule has 0 aliphatic carbocycles. The van der Waals surface area contributed by atoms with E-state index in [0.717, 1.165) is 0 Å². The molecular formula is C17H20ClF2N3O3. The summed E-state index contributed by atoms with van der Waals surface area (Å²) in [6.45, 7) is 0.801. The third-order valence-corrected chi connectivity index (χ3v) is 4.78. The number of benzene rings is 1. The fourth-order valence-electron chi connectivity index (χ4n) is 3.05. The van der Waals surface area contributed by atoms with Crippen molar-refractivity contribution in [1.29, 1.82) is 0 Å². The molecule has 142 valence electrons. The second kappa shape index (κ2) is 7.75. The Morgan fingerprint density at radius 1 is 1.15 bits per heavy atom. The molecule has 3 rings (SSSR count). The first kappa shape index (κ1) is 18.8. The van der Waals surface area contributed by atoms with Gasteiger partial charge in [-0.05, 0) is 24.3 Å². The van der Waals surface area contributed by atoms with Crippen molar-refractivity contribution in [2.45, 2.75) is 18.4 Å². The van der Waals surface area contributed by atoms with E-state index in [0.29, 0.717) is 37.0 Å². The number of carbonyl (C=O) groups excluding carboxylic acids is 2. The summed E-state index contributed by atoms with van der Waals surface area (Å²) < 4.78 is 31.9. The molecule has 0 spiro atoms. The van der Waals surface area contributed by atoms with Gasteiger partial charge >= 0.3 is 0 Å². The van der Waals surface area contributed by atoms with Crippen LogP contribution < -0.4 is 10.1 Å². The molecule has 2 saturated heterocycles. The summed E-state index contributed by atoms with van der Waals surface area (Å²) in [4.78, 5) is 27.6. The molecule has 6 nitrogen and oxygen atoms in total. The first-order valence-corrected chi connectivity index (χ1v) is 8.78. The number of hydrogen-bond acceptors (Lipinski definition) is 4. The summed E-state index contributed by atoms with van der Waals surface area (Å²) in [5, 5.41) is 3.15. The Kier molecular flexibility index (Phi) is 5.62. The van der Waals surface area contributed by atoms with Crippen LogP contribution >= 0.6 is 11.6 Å². The minimum Gasteiger partial charge on any atom is -0.484 e. The average molecular weight is 388 g/mol. The fraction of sp³-hybridized carbons (Fsp3) is 0.529.